The molecule has 0 aromatic heterocycles. The fourth-order valence-corrected chi connectivity index (χ4v) is 2.59. The van der Waals surface area contributed by atoms with Gasteiger partial charge in [-0.3, -0.25) is 0 Å². The number of halogens is 1. The van der Waals surface area contributed by atoms with Crippen molar-refractivity contribution < 1.29 is 9.50 Å². The molecule has 1 atom stereocenters. The molecule has 112 valence electrons. The van der Waals surface area contributed by atoms with Gasteiger partial charge in [-0.05, 0) is 49.5 Å². The minimum absolute atomic E-state index is 0.215. The second-order valence-corrected chi connectivity index (χ2v) is 5.89. The maximum Gasteiger partial charge on any atom is 0.123 e. The first-order chi connectivity index (χ1) is 9.63. The van der Waals surface area contributed by atoms with Gasteiger partial charge in [-0.2, -0.15) is 0 Å². The Morgan fingerprint density at radius 1 is 1.30 bits per heavy atom. The van der Waals surface area contributed by atoms with E-state index in [1.165, 1.54) is 25.0 Å². The third-order valence-electron chi connectivity index (χ3n) is 3.97. The number of hydrogen-bond acceptors (Lipinski definition) is 3. The van der Waals surface area contributed by atoms with E-state index in [0.717, 1.165) is 31.1 Å². The predicted molar refractivity (Wildman–Crippen MR) is 79.0 cm³/mol. The van der Waals surface area contributed by atoms with Gasteiger partial charge in [0.25, 0.3) is 0 Å². The lowest BCUT2D eigenvalue weighted by Gasteiger charge is -2.31. The SMILES string of the molecule is CC1CCN(CC(O)CNCc2ccc(F)cc2)CC1. The van der Waals surface area contributed by atoms with Gasteiger partial charge in [0.2, 0.25) is 0 Å². The molecular weight excluding hydrogens is 255 g/mol. The van der Waals surface area contributed by atoms with Crippen LogP contribution < -0.4 is 5.32 Å². The van der Waals surface area contributed by atoms with Crippen molar-refractivity contribution >= 4 is 0 Å². The fraction of sp³-hybridized carbons (Fsp3) is 0.625. The maximum atomic E-state index is 12.8. The number of likely N-dealkylation sites (tertiary alicyclic amines) is 1. The molecule has 1 aromatic carbocycles. The fourth-order valence-electron chi connectivity index (χ4n) is 2.59. The Labute approximate surface area is 120 Å². The number of nitrogens with one attached hydrogen (secondary N) is 1. The quantitative estimate of drug-likeness (QED) is 0.837. The third kappa shape index (κ3) is 5.19. The summed E-state index contributed by atoms with van der Waals surface area (Å²) in [6.07, 6.45) is 2.12. The van der Waals surface area contributed by atoms with Gasteiger partial charge in [0.05, 0.1) is 6.10 Å². The number of rotatable bonds is 6. The molecule has 0 amide bonds. The van der Waals surface area contributed by atoms with Crippen LogP contribution in [0.5, 0.6) is 0 Å². The molecule has 0 bridgehead atoms. The number of piperidine rings is 1. The second-order valence-electron chi connectivity index (χ2n) is 5.89. The van der Waals surface area contributed by atoms with Crippen LogP contribution >= 0.6 is 0 Å². The molecule has 0 aliphatic carbocycles. The van der Waals surface area contributed by atoms with Crippen LogP contribution in [0.15, 0.2) is 24.3 Å². The molecule has 1 aromatic rings. The normalized spacial score (nSPS) is 19.1. The lowest BCUT2D eigenvalue weighted by Crippen LogP contribution is -2.41. The van der Waals surface area contributed by atoms with E-state index in [-0.39, 0.29) is 11.9 Å². The van der Waals surface area contributed by atoms with Crippen molar-refractivity contribution in [1.82, 2.24) is 10.2 Å². The molecule has 1 heterocycles. The summed E-state index contributed by atoms with van der Waals surface area (Å²) in [5.74, 6) is 0.605. The molecular formula is C16H25FN2O. The summed E-state index contributed by atoms with van der Waals surface area (Å²) in [6, 6.07) is 6.45. The Morgan fingerprint density at radius 3 is 2.60 bits per heavy atom. The summed E-state index contributed by atoms with van der Waals surface area (Å²) in [5.41, 5.74) is 1.03. The van der Waals surface area contributed by atoms with E-state index in [0.29, 0.717) is 13.1 Å². The van der Waals surface area contributed by atoms with Crippen LogP contribution in [0, 0.1) is 11.7 Å². The van der Waals surface area contributed by atoms with Crippen molar-refractivity contribution in [3.05, 3.63) is 35.6 Å². The van der Waals surface area contributed by atoms with Gasteiger partial charge >= 0.3 is 0 Å². The van der Waals surface area contributed by atoms with Crippen molar-refractivity contribution in [1.29, 1.82) is 0 Å². The minimum Gasteiger partial charge on any atom is -0.390 e. The molecule has 0 saturated carbocycles. The molecule has 1 aliphatic rings. The van der Waals surface area contributed by atoms with Crippen molar-refractivity contribution in [3.63, 3.8) is 0 Å². The Balaban J connectivity index is 1.62. The molecule has 2 rings (SSSR count). The average Bonchev–Trinajstić information content (AvgIpc) is 2.44. The zero-order valence-corrected chi connectivity index (χ0v) is 12.2. The lowest BCUT2D eigenvalue weighted by atomic mass is 9.99. The van der Waals surface area contributed by atoms with Crippen LogP contribution in [0.25, 0.3) is 0 Å². The van der Waals surface area contributed by atoms with Crippen LogP contribution in [-0.2, 0) is 6.54 Å². The smallest absolute Gasteiger partial charge is 0.123 e. The van der Waals surface area contributed by atoms with E-state index in [4.69, 9.17) is 0 Å². The lowest BCUT2D eigenvalue weighted by molar-refractivity contribution is 0.0907. The second kappa shape index (κ2) is 7.72. The van der Waals surface area contributed by atoms with Crippen molar-refractivity contribution in [2.24, 2.45) is 5.92 Å². The zero-order valence-electron chi connectivity index (χ0n) is 12.2. The topological polar surface area (TPSA) is 35.5 Å². The maximum absolute atomic E-state index is 12.8. The first kappa shape index (κ1) is 15.4. The molecule has 1 aliphatic heterocycles. The largest absolute Gasteiger partial charge is 0.390 e. The Hall–Kier alpha value is -0.970. The van der Waals surface area contributed by atoms with Gasteiger partial charge in [-0.25, -0.2) is 4.39 Å². The van der Waals surface area contributed by atoms with E-state index in [9.17, 15) is 9.50 Å². The molecule has 4 heteroatoms. The summed E-state index contributed by atoms with van der Waals surface area (Å²) in [5, 5.41) is 13.2. The third-order valence-corrected chi connectivity index (χ3v) is 3.97. The summed E-state index contributed by atoms with van der Waals surface area (Å²) in [7, 11) is 0. The number of hydrogen-bond donors (Lipinski definition) is 2. The Kier molecular flexibility index (Phi) is 5.95. The van der Waals surface area contributed by atoms with E-state index in [1.54, 1.807) is 12.1 Å². The molecule has 1 fully saturated rings. The van der Waals surface area contributed by atoms with E-state index in [1.807, 2.05) is 0 Å². The summed E-state index contributed by atoms with van der Waals surface area (Å²) >= 11 is 0. The highest BCUT2D eigenvalue weighted by Crippen LogP contribution is 2.15. The van der Waals surface area contributed by atoms with Crippen LogP contribution in [-0.4, -0.2) is 42.3 Å². The highest BCUT2D eigenvalue weighted by Gasteiger charge is 2.17. The van der Waals surface area contributed by atoms with Crippen LogP contribution in [0.2, 0.25) is 0 Å². The number of aliphatic hydroxyl groups excluding tert-OH is 1. The standard InChI is InChI=1S/C16H25FN2O/c1-13-6-8-19(9-7-13)12-16(20)11-18-10-14-2-4-15(17)5-3-14/h2-5,13,16,18,20H,6-12H2,1H3. The van der Waals surface area contributed by atoms with Crippen LogP contribution in [0.1, 0.15) is 25.3 Å². The highest BCUT2D eigenvalue weighted by molar-refractivity contribution is 5.15. The number of aliphatic hydroxyl groups is 1. The number of nitrogens with zero attached hydrogens (tertiary/aromatic N) is 1. The Bertz CT molecular complexity index is 388. The monoisotopic (exact) mass is 280 g/mol. The van der Waals surface area contributed by atoms with Gasteiger partial charge in [0.1, 0.15) is 5.82 Å². The van der Waals surface area contributed by atoms with Crippen molar-refractivity contribution in [2.45, 2.75) is 32.4 Å². The predicted octanol–water partition coefficient (Wildman–Crippen LogP) is 2.01. The number of benzene rings is 1. The zero-order chi connectivity index (χ0) is 14.4. The van der Waals surface area contributed by atoms with Gasteiger partial charge in [-0.1, -0.05) is 19.1 Å². The molecule has 0 spiro atoms. The minimum atomic E-state index is -0.344. The molecule has 2 N–H and O–H groups in total. The average molecular weight is 280 g/mol. The first-order valence-electron chi connectivity index (χ1n) is 7.49. The molecule has 20 heavy (non-hydrogen) atoms. The summed E-state index contributed by atoms with van der Waals surface area (Å²) in [6.45, 7) is 6.45. The molecule has 3 nitrogen and oxygen atoms in total. The van der Waals surface area contributed by atoms with Crippen molar-refractivity contribution in [2.75, 3.05) is 26.2 Å². The van der Waals surface area contributed by atoms with E-state index < -0.39 is 0 Å². The number of β-amino-alcohol motifs (C(OH)–C–C–N with tert-alkyl or cyclic N) is 1. The summed E-state index contributed by atoms with van der Waals surface area (Å²) < 4.78 is 12.8. The molecule has 1 unspecified atom stereocenters. The Morgan fingerprint density at radius 2 is 1.95 bits per heavy atom. The molecule has 0 radical (unpaired) electrons. The first-order valence-corrected chi connectivity index (χ1v) is 7.49. The molecule has 1 saturated heterocycles. The van der Waals surface area contributed by atoms with Gasteiger partial charge in [0.15, 0.2) is 0 Å². The van der Waals surface area contributed by atoms with E-state index >= 15 is 0 Å². The van der Waals surface area contributed by atoms with Crippen LogP contribution in [0.3, 0.4) is 0 Å². The highest BCUT2D eigenvalue weighted by atomic mass is 19.1. The van der Waals surface area contributed by atoms with Gasteiger partial charge in [0, 0.05) is 19.6 Å². The van der Waals surface area contributed by atoms with Gasteiger partial charge in [-0.15, -0.1) is 0 Å². The van der Waals surface area contributed by atoms with Gasteiger partial charge < -0.3 is 15.3 Å². The summed E-state index contributed by atoms with van der Waals surface area (Å²) in [4.78, 5) is 2.34. The van der Waals surface area contributed by atoms with Crippen molar-refractivity contribution in [3.8, 4) is 0 Å². The van der Waals surface area contributed by atoms with E-state index in [2.05, 4.69) is 17.1 Å². The van der Waals surface area contributed by atoms with Crippen LogP contribution in [0.4, 0.5) is 4.39 Å².